The van der Waals surface area contributed by atoms with Crippen LogP contribution in [0.25, 0.3) is 11.1 Å². The Morgan fingerprint density at radius 3 is 2.56 bits per heavy atom. The highest BCUT2D eigenvalue weighted by atomic mass is 19.1. The zero-order valence-corrected chi connectivity index (χ0v) is 20.3. The molecule has 5 rings (SSSR count). The van der Waals surface area contributed by atoms with Crippen molar-refractivity contribution in [2.24, 2.45) is 11.7 Å². The highest BCUT2D eigenvalue weighted by Gasteiger charge is 2.55. The van der Waals surface area contributed by atoms with Crippen LogP contribution in [0.4, 0.5) is 10.1 Å². The minimum absolute atomic E-state index is 0.114. The first-order valence-corrected chi connectivity index (χ1v) is 12.2. The van der Waals surface area contributed by atoms with Crippen LogP contribution in [0.1, 0.15) is 38.3 Å². The summed E-state index contributed by atoms with van der Waals surface area (Å²) in [4.78, 5) is 42.2. The molecule has 2 amide bonds. The summed E-state index contributed by atoms with van der Waals surface area (Å²) in [5.41, 5.74) is 7.77. The SMILES string of the molecule is CC(C)C[C@@H](C(=O)N1C[C@]2(C[C@H]1N)C(=O)Nc1ccccc12)n1cccc(-c2ccc(F)cc2)c1=O. The van der Waals surface area contributed by atoms with Crippen molar-refractivity contribution in [3.63, 3.8) is 0 Å². The number of rotatable bonds is 5. The smallest absolute Gasteiger partial charge is 0.259 e. The Bertz CT molecular complexity index is 1380. The lowest BCUT2D eigenvalue weighted by Crippen LogP contribution is -2.47. The van der Waals surface area contributed by atoms with Gasteiger partial charge in [-0.1, -0.05) is 44.2 Å². The van der Waals surface area contributed by atoms with Gasteiger partial charge in [-0.05, 0) is 53.8 Å². The Kier molecular flexibility index (Phi) is 6.00. The number of fused-ring (bicyclic) bond motifs is 2. The predicted octanol–water partition coefficient (Wildman–Crippen LogP) is 3.65. The molecule has 0 bridgehead atoms. The zero-order valence-electron chi connectivity index (χ0n) is 20.3. The summed E-state index contributed by atoms with van der Waals surface area (Å²) in [7, 11) is 0. The molecule has 8 heteroatoms. The number of likely N-dealkylation sites (tertiary alicyclic amines) is 1. The number of nitrogens with one attached hydrogen (secondary N) is 1. The average molecular weight is 489 g/mol. The Morgan fingerprint density at radius 2 is 1.83 bits per heavy atom. The molecule has 1 saturated heterocycles. The van der Waals surface area contributed by atoms with Crippen LogP contribution >= 0.6 is 0 Å². The molecule has 1 fully saturated rings. The molecule has 7 nitrogen and oxygen atoms in total. The fourth-order valence-electron chi connectivity index (χ4n) is 5.49. The molecule has 3 atom stereocenters. The van der Waals surface area contributed by atoms with Gasteiger partial charge < -0.3 is 20.5 Å². The van der Waals surface area contributed by atoms with Crippen molar-refractivity contribution in [1.29, 1.82) is 0 Å². The number of amides is 2. The third-order valence-electron chi connectivity index (χ3n) is 7.25. The molecule has 186 valence electrons. The molecule has 1 spiro atoms. The second-order valence-electron chi connectivity index (χ2n) is 10.1. The van der Waals surface area contributed by atoms with Crippen LogP contribution in [0, 0.1) is 11.7 Å². The van der Waals surface area contributed by atoms with E-state index in [0.29, 0.717) is 24.0 Å². The molecule has 2 aliphatic heterocycles. The number of carbonyl (C=O) groups excluding carboxylic acids is 2. The van der Waals surface area contributed by atoms with Gasteiger partial charge in [-0.25, -0.2) is 4.39 Å². The maximum atomic E-state index is 14.0. The molecule has 0 saturated carbocycles. The van der Waals surface area contributed by atoms with E-state index in [1.165, 1.54) is 16.7 Å². The maximum Gasteiger partial charge on any atom is 0.259 e. The quantitative estimate of drug-likeness (QED) is 0.573. The van der Waals surface area contributed by atoms with Crippen LogP contribution < -0.4 is 16.6 Å². The number of anilines is 1. The number of carbonyl (C=O) groups is 2. The first-order valence-electron chi connectivity index (χ1n) is 12.2. The van der Waals surface area contributed by atoms with Crippen molar-refractivity contribution in [1.82, 2.24) is 9.47 Å². The third-order valence-corrected chi connectivity index (χ3v) is 7.25. The van der Waals surface area contributed by atoms with Gasteiger partial charge in [-0.15, -0.1) is 0 Å². The van der Waals surface area contributed by atoms with E-state index < -0.39 is 23.4 Å². The summed E-state index contributed by atoms with van der Waals surface area (Å²) in [5, 5.41) is 2.93. The van der Waals surface area contributed by atoms with Gasteiger partial charge in [0.25, 0.3) is 5.56 Å². The molecule has 3 N–H and O–H groups in total. The maximum absolute atomic E-state index is 14.0. The molecule has 0 aliphatic carbocycles. The lowest BCUT2D eigenvalue weighted by Gasteiger charge is -2.29. The minimum atomic E-state index is -0.908. The van der Waals surface area contributed by atoms with Crippen molar-refractivity contribution >= 4 is 17.5 Å². The Morgan fingerprint density at radius 1 is 1.11 bits per heavy atom. The van der Waals surface area contributed by atoms with E-state index in [0.717, 1.165) is 11.3 Å². The Labute approximate surface area is 208 Å². The molecule has 36 heavy (non-hydrogen) atoms. The van der Waals surface area contributed by atoms with Gasteiger partial charge in [0, 0.05) is 30.4 Å². The molecule has 2 aliphatic rings. The Hall–Kier alpha value is -3.78. The van der Waals surface area contributed by atoms with Gasteiger partial charge in [0.15, 0.2) is 0 Å². The van der Waals surface area contributed by atoms with Crippen molar-refractivity contribution in [2.45, 2.75) is 44.3 Å². The first-order chi connectivity index (χ1) is 17.2. The molecule has 1 aromatic heterocycles. The fourth-order valence-corrected chi connectivity index (χ4v) is 5.49. The van der Waals surface area contributed by atoms with Crippen LogP contribution in [0.15, 0.2) is 71.7 Å². The number of hydrogen-bond donors (Lipinski definition) is 2. The topological polar surface area (TPSA) is 97.4 Å². The van der Waals surface area contributed by atoms with E-state index in [9.17, 15) is 18.8 Å². The van der Waals surface area contributed by atoms with Crippen LogP contribution in [-0.2, 0) is 15.0 Å². The van der Waals surface area contributed by atoms with Gasteiger partial charge in [-0.2, -0.15) is 0 Å². The van der Waals surface area contributed by atoms with Crippen LogP contribution in [0.5, 0.6) is 0 Å². The van der Waals surface area contributed by atoms with Gasteiger partial charge in [0.2, 0.25) is 11.8 Å². The van der Waals surface area contributed by atoms with E-state index in [4.69, 9.17) is 5.73 Å². The van der Waals surface area contributed by atoms with Gasteiger partial charge in [0.05, 0.1) is 11.6 Å². The minimum Gasteiger partial charge on any atom is -0.325 e. The van der Waals surface area contributed by atoms with E-state index in [2.05, 4.69) is 5.32 Å². The summed E-state index contributed by atoms with van der Waals surface area (Å²) in [6.45, 7) is 4.12. The van der Waals surface area contributed by atoms with Crippen molar-refractivity contribution < 1.29 is 14.0 Å². The second kappa shape index (κ2) is 9.02. The number of para-hydroxylation sites is 1. The van der Waals surface area contributed by atoms with Crippen molar-refractivity contribution in [3.8, 4) is 11.1 Å². The molecule has 3 heterocycles. The Balaban J connectivity index is 1.52. The lowest BCUT2D eigenvalue weighted by atomic mass is 9.80. The summed E-state index contributed by atoms with van der Waals surface area (Å²) < 4.78 is 14.9. The van der Waals surface area contributed by atoms with Crippen molar-refractivity contribution in [3.05, 3.63) is 88.6 Å². The highest BCUT2D eigenvalue weighted by Crippen LogP contribution is 2.46. The summed E-state index contributed by atoms with van der Waals surface area (Å²) >= 11 is 0. The number of pyridine rings is 1. The zero-order chi connectivity index (χ0) is 25.6. The molecular formula is C28H29FN4O3. The number of benzene rings is 2. The number of nitrogens with zero attached hydrogens (tertiary/aromatic N) is 2. The third kappa shape index (κ3) is 3.91. The molecular weight excluding hydrogens is 459 g/mol. The molecule has 0 unspecified atom stereocenters. The highest BCUT2D eigenvalue weighted by molar-refractivity contribution is 6.07. The standard InChI is InChI=1S/C28H29FN4O3/c1-17(2)14-23(32-13-5-6-20(25(32)34)18-9-11-19(29)12-10-18)26(35)33-16-28(15-24(33)30)21-7-3-4-8-22(21)31-27(28)36/h3-13,17,23-24H,14-16,30H2,1-2H3,(H,31,36)/t23-,24-,28-/m0/s1. The summed E-state index contributed by atoms with van der Waals surface area (Å²) in [5.74, 6) is -0.727. The van der Waals surface area contributed by atoms with Crippen LogP contribution in [0.2, 0.25) is 0 Å². The van der Waals surface area contributed by atoms with Gasteiger partial charge in [-0.3, -0.25) is 14.4 Å². The molecule has 0 radical (unpaired) electrons. The fraction of sp³-hybridized carbons (Fsp3) is 0.321. The van der Waals surface area contributed by atoms with E-state index in [1.807, 2.05) is 38.1 Å². The summed E-state index contributed by atoms with van der Waals surface area (Å²) in [6, 6.07) is 15.8. The summed E-state index contributed by atoms with van der Waals surface area (Å²) in [6.07, 6.45) is 1.67. The van der Waals surface area contributed by atoms with Gasteiger partial charge in [0.1, 0.15) is 11.9 Å². The van der Waals surface area contributed by atoms with Gasteiger partial charge >= 0.3 is 0 Å². The lowest BCUT2D eigenvalue weighted by molar-refractivity contribution is -0.136. The predicted molar refractivity (Wildman–Crippen MR) is 136 cm³/mol. The van der Waals surface area contributed by atoms with Crippen molar-refractivity contribution in [2.75, 3.05) is 11.9 Å². The van der Waals surface area contributed by atoms with E-state index in [1.54, 1.807) is 35.4 Å². The van der Waals surface area contributed by atoms with E-state index >= 15 is 0 Å². The largest absolute Gasteiger partial charge is 0.325 e. The second-order valence-corrected chi connectivity index (χ2v) is 10.1. The monoisotopic (exact) mass is 488 g/mol. The normalized spacial score (nSPS) is 21.6. The molecule has 2 aromatic carbocycles. The number of hydrogen-bond acceptors (Lipinski definition) is 4. The first kappa shape index (κ1) is 23.9. The number of nitrogens with two attached hydrogens (primary N) is 1. The molecule has 3 aromatic rings. The van der Waals surface area contributed by atoms with E-state index in [-0.39, 0.29) is 29.8 Å². The van der Waals surface area contributed by atoms with Crippen LogP contribution in [-0.4, -0.2) is 34.0 Å². The average Bonchev–Trinajstić information content (AvgIpc) is 3.34. The number of halogens is 1. The number of aromatic nitrogens is 1. The van der Waals surface area contributed by atoms with Crippen LogP contribution in [0.3, 0.4) is 0 Å².